The number of halogens is 1. The van der Waals surface area contributed by atoms with E-state index in [1.165, 1.54) is 0 Å². The number of nitrogens with one attached hydrogen (secondary N) is 1. The summed E-state index contributed by atoms with van der Waals surface area (Å²) >= 11 is 3.43. The van der Waals surface area contributed by atoms with Gasteiger partial charge in [-0.2, -0.15) is 0 Å². The molecule has 0 aromatic heterocycles. The van der Waals surface area contributed by atoms with Crippen molar-refractivity contribution in [3.8, 4) is 0 Å². The number of benzene rings is 1. The van der Waals surface area contributed by atoms with E-state index in [9.17, 15) is 9.59 Å². The summed E-state index contributed by atoms with van der Waals surface area (Å²) in [7, 11) is 1.66. The highest BCUT2D eigenvalue weighted by molar-refractivity contribution is 9.10. The maximum atomic E-state index is 12.5. The minimum atomic E-state index is 0.0324. The van der Waals surface area contributed by atoms with Crippen LogP contribution in [0.5, 0.6) is 0 Å². The van der Waals surface area contributed by atoms with Crippen LogP contribution in [-0.2, 0) is 4.79 Å². The molecule has 108 valence electrons. The number of piperidine rings is 1. The van der Waals surface area contributed by atoms with Crippen molar-refractivity contribution in [1.29, 1.82) is 0 Å². The minimum absolute atomic E-state index is 0.0324. The Balaban J connectivity index is 2.05. The normalized spacial score (nSPS) is 16.1. The fourth-order valence-corrected chi connectivity index (χ4v) is 2.94. The second-order valence-corrected chi connectivity index (χ2v) is 6.02. The summed E-state index contributed by atoms with van der Waals surface area (Å²) in [6, 6.07) is 5.77. The van der Waals surface area contributed by atoms with Gasteiger partial charge in [-0.3, -0.25) is 9.59 Å². The Labute approximate surface area is 127 Å². The van der Waals surface area contributed by atoms with E-state index in [0.717, 1.165) is 22.9 Å². The molecule has 1 aromatic rings. The molecule has 4 nitrogen and oxygen atoms in total. The highest BCUT2D eigenvalue weighted by Crippen LogP contribution is 2.23. The number of rotatable bonds is 2. The van der Waals surface area contributed by atoms with Gasteiger partial charge in [0.15, 0.2) is 0 Å². The van der Waals surface area contributed by atoms with E-state index in [1.54, 1.807) is 7.05 Å². The van der Waals surface area contributed by atoms with Crippen molar-refractivity contribution in [1.82, 2.24) is 10.2 Å². The van der Waals surface area contributed by atoms with Gasteiger partial charge in [-0.05, 0) is 47.8 Å². The van der Waals surface area contributed by atoms with Gasteiger partial charge in [-0.1, -0.05) is 11.6 Å². The van der Waals surface area contributed by atoms with E-state index in [1.807, 2.05) is 30.0 Å². The Hall–Kier alpha value is -1.36. The molecule has 0 bridgehead atoms. The SMILES string of the molecule is CNC(=O)C1CCN(C(=O)c2cc(C)ccc2Br)CC1. The third-order valence-corrected chi connectivity index (χ3v) is 4.44. The average Bonchev–Trinajstić information content (AvgIpc) is 2.48. The molecule has 1 fully saturated rings. The minimum Gasteiger partial charge on any atom is -0.359 e. The van der Waals surface area contributed by atoms with Crippen LogP contribution in [0.3, 0.4) is 0 Å². The average molecular weight is 339 g/mol. The first-order valence-electron chi connectivity index (χ1n) is 6.80. The van der Waals surface area contributed by atoms with Crippen molar-refractivity contribution in [3.05, 3.63) is 33.8 Å². The van der Waals surface area contributed by atoms with Crippen LogP contribution in [-0.4, -0.2) is 36.9 Å². The lowest BCUT2D eigenvalue weighted by Crippen LogP contribution is -2.42. The Morgan fingerprint density at radius 1 is 1.30 bits per heavy atom. The van der Waals surface area contributed by atoms with Crippen LogP contribution >= 0.6 is 15.9 Å². The first-order valence-corrected chi connectivity index (χ1v) is 7.59. The smallest absolute Gasteiger partial charge is 0.255 e. The first-order chi connectivity index (χ1) is 9.52. The van der Waals surface area contributed by atoms with E-state index in [4.69, 9.17) is 0 Å². The molecule has 2 amide bonds. The van der Waals surface area contributed by atoms with Crippen LogP contribution in [0.25, 0.3) is 0 Å². The summed E-state index contributed by atoms with van der Waals surface area (Å²) in [6.45, 7) is 3.25. The van der Waals surface area contributed by atoms with E-state index in [2.05, 4.69) is 21.2 Å². The fourth-order valence-electron chi connectivity index (χ4n) is 2.52. The lowest BCUT2D eigenvalue weighted by molar-refractivity contribution is -0.125. The second kappa shape index (κ2) is 6.39. The van der Waals surface area contributed by atoms with Crippen molar-refractivity contribution >= 4 is 27.7 Å². The predicted octanol–water partition coefficient (Wildman–Crippen LogP) is 2.36. The van der Waals surface area contributed by atoms with Crippen molar-refractivity contribution in [2.75, 3.05) is 20.1 Å². The highest BCUT2D eigenvalue weighted by atomic mass is 79.9. The van der Waals surface area contributed by atoms with Gasteiger partial charge in [0.25, 0.3) is 5.91 Å². The molecular formula is C15H19BrN2O2. The van der Waals surface area contributed by atoms with Crippen LogP contribution in [0, 0.1) is 12.8 Å². The van der Waals surface area contributed by atoms with Crippen LogP contribution in [0.4, 0.5) is 0 Å². The first kappa shape index (κ1) is 15.0. The zero-order valence-corrected chi connectivity index (χ0v) is 13.4. The summed E-state index contributed by atoms with van der Waals surface area (Å²) in [5.74, 6) is 0.148. The molecule has 1 heterocycles. The second-order valence-electron chi connectivity index (χ2n) is 5.16. The molecule has 1 aliphatic rings. The molecule has 0 atom stereocenters. The van der Waals surface area contributed by atoms with Gasteiger partial charge in [-0.25, -0.2) is 0 Å². The van der Waals surface area contributed by atoms with Gasteiger partial charge in [0, 0.05) is 30.5 Å². The van der Waals surface area contributed by atoms with Crippen molar-refractivity contribution < 1.29 is 9.59 Å². The molecule has 1 aliphatic heterocycles. The van der Waals surface area contributed by atoms with E-state index >= 15 is 0 Å². The number of likely N-dealkylation sites (tertiary alicyclic amines) is 1. The molecule has 2 rings (SSSR count). The predicted molar refractivity (Wildman–Crippen MR) is 81.6 cm³/mol. The van der Waals surface area contributed by atoms with Gasteiger partial charge < -0.3 is 10.2 Å². The summed E-state index contributed by atoms with van der Waals surface area (Å²) in [5.41, 5.74) is 1.76. The molecule has 20 heavy (non-hydrogen) atoms. The van der Waals surface area contributed by atoms with E-state index in [0.29, 0.717) is 18.7 Å². The molecular weight excluding hydrogens is 320 g/mol. The lowest BCUT2D eigenvalue weighted by atomic mass is 9.95. The van der Waals surface area contributed by atoms with Crippen molar-refractivity contribution in [2.45, 2.75) is 19.8 Å². The summed E-state index contributed by atoms with van der Waals surface area (Å²) in [6.07, 6.45) is 1.46. The van der Waals surface area contributed by atoms with Gasteiger partial charge >= 0.3 is 0 Å². The molecule has 5 heteroatoms. The van der Waals surface area contributed by atoms with Crippen LogP contribution in [0.2, 0.25) is 0 Å². The summed E-state index contributed by atoms with van der Waals surface area (Å²) in [5, 5.41) is 2.68. The topological polar surface area (TPSA) is 49.4 Å². The van der Waals surface area contributed by atoms with E-state index in [-0.39, 0.29) is 17.7 Å². The summed E-state index contributed by atoms with van der Waals surface area (Å²) < 4.78 is 0.821. The quantitative estimate of drug-likeness (QED) is 0.899. The molecule has 0 radical (unpaired) electrons. The number of amides is 2. The zero-order valence-electron chi connectivity index (χ0n) is 11.8. The lowest BCUT2D eigenvalue weighted by Gasteiger charge is -2.31. The number of carbonyl (C=O) groups is 2. The van der Waals surface area contributed by atoms with Crippen molar-refractivity contribution in [2.24, 2.45) is 5.92 Å². The maximum absolute atomic E-state index is 12.5. The number of aryl methyl sites for hydroxylation is 1. The molecule has 0 saturated carbocycles. The van der Waals surface area contributed by atoms with Gasteiger partial charge in [0.2, 0.25) is 5.91 Å². The van der Waals surface area contributed by atoms with Gasteiger partial charge in [0.05, 0.1) is 5.56 Å². The number of carbonyl (C=O) groups excluding carboxylic acids is 2. The fraction of sp³-hybridized carbons (Fsp3) is 0.467. The highest BCUT2D eigenvalue weighted by Gasteiger charge is 2.27. The standard InChI is InChI=1S/C15H19BrN2O2/c1-10-3-4-13(16)12(9-10)15(20)18-7-5-11(6-8-18)14(19)17-2/h3-4,9,11H,5-8H2,1-2H3,(H,17,19). The monoisotopic (exact) mass is 338 g/mol. The number of hydrogen-bond donors (Lipinski definition) is 1. The third kappa shape index (κ3) is 3.20. The number of nitrogens with zero attached hydrogens (tertiary/aromatic N) is 1. The molecule has 0 unspecified atom stereocenters. The maximum Gasteiger partial charge on any atom is 0.255 e. The largest absolute Gasteiger partial charge is 0.359 e. The Morgan fingerprint density at radius 3 is 2.55 bits per heavy atom. The summed E-state index contributed by atoms with van der Waals surface area (Å²) in [4.78, 5) is 25.9. The Morgan fingerprint density at radius 2 is 1.95 bits per heavy atom. The molecule has 1 aromatic carbocycles. The third-order valence-electron chi connectivity index (χ3n) is 3.75. The van der Waals surface area contributed by atoms with Gasteiger partial charge in [0.1, 0.15) is 0 Å². The number of hydrogen-bond acceptors (Lipinski definition) is 2. The zero-order chi connectivity index (χ0) is 14.7. The molecule has 0 spiro atoms. The van der Waals surface area contributed by atoms with Crippen LogP contribution < -0.4 is 5.32 Å². The van der Waals surface area contributed by atoms with Gasteiger partial charge in [-0.15, -0.1) is 0 Å². The Bertz CT molecular complexity index is 523. The molecule has 0 aliphatic carbocycles. The van der Waals surface area contributed by atoms with Crippen LogP contribution in [0.15, 0.2) is 22.7 Å². The molecule has 1 N–H and O–H groups in total. The van der Waals surface area contributed by atoms with Crippen molar-refractivity contribution in [3.63, 3.8) is 0 Å². The van der Waals surface area contributed by atoms with Crippen LogP contribution in [0.1, 0.15) is 28.8 Å². The van der Waals surface area contributed by atoms with E-state index < -0.39 is 0 Å². The molecule has 1 saturated heterocycles. The Kier molecular flexibility index (Phi) is 4.81.